The fourth-order valence-corrected chi connectivity index (χ4v) is 24.3. The Morgan fingerprint density at radius 1 is 0.514 bits per heavy atom. The number of carboxylic acids is 1. The van der Waals surface area contributed by atoms with E-state index in [1.165, 1.54) is 13.8 Å². The number of aldehydes is 1. The second kappa shape index (κ2) is 44.1. The zero-order chi connectivity index (χ0) is 101. The third-order valence-corrected chi connectivity index (χ3v) is 33.5. The lowest BCUT2D eigenvalue weighted by Crippen LogP contribution is -2.69. The number of esters is 3. The average Bonchev–Trinajstić information content (AvgIpc) is 0.692. The van der Waals surface area contributed by atoms with Gasteiger partial charge in [-0.1, -0.05) is 101 Å². The molecule has 5 aliphatic carbocycles. The Labute approximate surface area is 799 Å². The highest BCUT2D eigenvalue weighted by molar-refractivity contribution is 5.80. The number of aliphatic hydroxyl groups excluding tert-OH is 20. The summed E-state index contributed by atoms with van der Waals surface area (Å²) in [5.74, 6) is -7.09. The minimum atomic E-state index is -2.26. The fraction of sp³-hybridized carbons (Fsp3) is 0.925. The molecule has 8 aliphatic heterocycles. The van der Waals surface area contributed by atoms with Crippen LogP contribution >= 0.6 is 0 Å². The van der Waals surface area contributed by atoms with Gasteiger partial charge in [-0.05, 0) is 129 Å². The lowest BCUT2D eigenvalue weighted by atomic mass is 9.33. The van der Waals surface area contributed by atoms with Gasteiger partial charge in [-0.25, -0.2) is 4.79 Å². The molecule has 12 fully saturated rings. The van der Waals surface area contributed by atoms with Crippen LogP contribution < -0.4 is 0 Å². The molecular weight excluding hydrogens is 1840 g/mol. The monoisotopic (exact) mass is 1990 g/mol. The van der Waals surface area contributed by atoms with Crippen molar-refractivity contribution in [1.29, 1.82) is 0 Å². The Morgan fingerprint density at radius 2 is 1.08 bits per heavy atom. The van der Waals surface area contributed by atoms with E-state index in [1.54, 1.807) is 27.7 Å². The number of aliphatic carboxylic acids is 1. The van der Waals surface area contributed by atoms with Crippen LogP contribution in [0.5, 0.6) is 0 Å². The number of carbonyl (C=O) groups excluding carboxylic acids is 4. The van der Waals surface area contributed by atoms with Crippen molar-refractivity contribution >= 4 is 30.2 Å². The van der Waals surface area contributed by atoms with E-state index in [1.807, 2.05) is 27.7 Å². The Kier molecular flexibility index (Phi) is 35.5. The second-order valence-corrected chi connectivity index (χ2v) is 42.8. The number of rotatable bonds is 35. The highest BCUT2D eigenvalue weighted by Gasteiger charge is 2.74. The molecule has 8 heterocycles. The molecule has 0 aromatic rings. The molecule has 13 aliphatic rings. The van der Waals surface area contributed by atoms with Crippen LogP contribution in [0.25, 0.3) is 0 Å². The van der Waals surface area contributed by atoms with Crippen LogP contribution in [0.15, 0.2) is 11.6 Å². The zero-order valence-corrected chi connectivity index (χ0v) is 80.2. The maximum Gasteiger partial charge on any atom is 0.335 e. The quantitative estimate of drug-likeness (QED) is 0.00939. The van der Waals surface area contributed by atoms with Crippen LogP contribution in [0, 0.1) is 62.1 Å². The molecule has 0 radical (unpaired) electrons. The molecule has 17 unspecified atom stereocenters. The lowest BCUT2D eigenvalue weighted by molar-refractivity contribution is -0.391. The number of allylic oxidation sites excluding steroid dienone is 2. The van der Waals surface area contributed by atoms with Crippen molar-refractivity contribution in [2.75, 3.05) is 33.0 Å². The van der Waals surface area contributed by atoms with Gasteiger partial charge in [-0.2, -0.15) is 0 Å². The number of carbonyl (C=O) groups is 5. The summed E-state index contributed by atoms with van der Waals surface area (Å²) in [5, 5.41) is 247. The van der Waals surface area contributed by atoms with Crippen LogP contribution in [0.1, 0.15) is 193 Å². The summed E-state index contributed by atoms with van der Waals surface area (Å²) >= 11 is 0. The van der Waals surface area contributed by atoms with Gasteiger partial charge in [0.15, 0.2) is 62.3 Å². The standard InChI is InChI=1S/C93H150O45/c1-14-37(4)48(126-55(102)27-42(98)26-49(38(5)15-2)128-81-63(110)58(105)47(16-3)127-81)25-41(97)28-56(103)131-70-40(7)125-83(74(66(70)113)136-80-65(112)61(108)69(39(6)124-80)132-79-68(115)71(46(100)33-122-79)133-85-76(116)92(120,35-96)36-123-85)138-86(119)93-24-23-87(8,9)29-44(93)43-17-18-52-88(10)21-20-54(89(11,34-95)51(88)19-22-90(52,12)91(43,13)30-53(93)101)130-84-75(137-82-64(111)60(107)59(106)50(31-94)129-82)72(67(114)73(135-84)77(117)118)134-78-62(109)57(104)45(99)32-121-78/h17,34,37-42,44-54,57-76,78-85,94,96-101,104-116,120H,14-16,18-33,35-36H2,1-13H3,(H,117,118)/t37-,38-,39?,40?,41-,42-,44?,45+,46?,47-,48-,49-,50?,51?,52?,53+,54-,57-,58?,59-,60-,61+,62?,63?,64?,65?,66?,67+,68-,69-,70+,71-,72-,73?,74+,75?,76+,78-,79?,80-,81-,82-,83-,84+,85-,88-,89-,90+,91+,92?,93+/m0/s1. The number of fused-ring (bicyclic) bond motifs is 7. The van der Waals surface area contributed by atoms with Gasteiger partial charge in [0.25, 0.3) is 0 Å². The van der Waals surface area contributed by atoms with Gasteiger partial charge < -0.3 is 202 Å². The number of hydrogen-bond acceptors (Lipinski definition) is 44. The third-order valence-electron chi connectivity index (χ3n) is 33.5. The van der Waals surface area contributed by atoms with Gasteiger partial charge in [0.1, 0.15) is 145 Å². The van der Waals surface area contributed by atoms with Crippen molar-refractivity contribution < 1.29 is 222 Å². The molecule has 0 bridgehead atoms. The van der Waals surface area contributed by atoms with Crippen LogP contribution in [-0.4, -0.2) is 427 Å². The van der Waals surface area contributed by atoms with E-state index in [0.29, 0.717) is 57.8 Å². The highest BCUT2D eigenvalue weighted by Crippen LogP contribution is 2.76. The largest absolute Gasteiger partial charge is 0.479 e. The number of hydrogen-bond donors (Lipinski definition) is 22. The second-order valence-electron chi connectivity index (χ2n) is 42.8. The van der Waals surface area contributed by atoms with Gasteiger partial charge in [0.2, 0.25) is 6.29 Å². The summed E-state index contributed by atoms with van der Waals surface area (Å²) in [4.78, 5) is 72.1. The maximum absolute atomic E-state index is 16.4. The Balaban J connectivity index is 0.748. The zero-order valence-electron chi connectivity index (χ0n) is 80.2. The predicted octanol–water partition coefficient (Wildman–Crippen LogP) is -4.27. The Morgan fingerprint density at radius 3 is 1.71 bits per heavy atom. The summed E-state index contributed by atoms with van der Waals surface area (Å²) in [6.45, 7) is 20.1. The van der Waals surface area contributed by atoms with Crippen molar-refractivity contribution in [1.82, 2.24) is 0 Å². The van der Waals surface area contributed by atoms with E-state index in [0.717, 1.165) is 11.9 Å². The smallest absolute Gasteiger partial charge is 0.335 e. The molecule has 0 aromatic carbocycles. The van der Waals surface area contributed by atoms with Crippen LogP contribution in [0.2, 0.25) is 0 Å². The molecule has 22 N–H and O–H groups in total. The summed E-state index contributed by atoms with van der Waals surface area (Å²) < 4.78 is 109. The van der Waals surface area contributed by atoms with E-state index < -0.39 is 371 Å². The minimum Gasteiger partial charge on any atom is -0.479 e. The summed E-state index contributed by atoms with van der Waals surface area (Å²) in [7, 11) is 0. The van der Waals surface area contributed by atoms with Gasteiger partial charge in [0, 0.05) is 12.8 Å². The predicted molar refractivity (Wildman–Crippen MR) is 461 cm³/mol. The van der Waals surface area contributed by atoms with Crippen molar-refractivity contribution in [3.63, 3.8) is 0 Å². The summed E-state index contributed by atoms with van der Waals surface area (Å²) in [6, 6.07) is 0. The molecular formula is C93H150O45. The van der Waals surface area contributed by atoms with Gasteiger partial charge >= 0.3 is 23.9 Å². The first-order valence-electron chi connectivity index (χ1n) is 48.7. The van der Waals surface area contributed by atoms with E-state index in [-0.39, 0.29) is 43.9 Å². The fourth-order valence-electron chi connectivity index (χ4n) is 24.3. The number of ether oxygens (including phenoxy) is 18. The molecule has 13 rings (SSSR count). The molecule has 45 nitrogen and oxygen atoms in total. The van der Waals surface area contributed by atoms with Gasteiger partial charge in [-0.3, -0.25) is 14.4 Å². The van der Waals surface area contributed by atoms with E-state index in [9.17, 15) is 132 Å². The lowest BCUT2D eigenvalue weighted by Gasteiger charge is -2.71. The molecule has 51 atom stereocenters. The SMILES string of the molecule is CC[C@@H]1O[C@@H](O[C@@H](C[C@H](O)CC(=O)O[C@@H](C[C@H](O)CC(=O)O[C@@H]2C(C)O[C@@H](OC(=O)[C@]34CCC(C)(C)CC3C3=CCC5[C@@]6(C)CC[C@H](O[C@@H]7OC(C(=O)O)[C@H](O)[C@H](O[C@@H]8OC[C@@H](O)[C@H](O)C8O)C7O[C@@H]7OC(CO)[C@H](O)[C@H](O)C7O)[C@@](C)(C=O)C6CC[C@@]5(C)[C@]3(C)C[C@H]4O)[C@H](O[C@@H]3OC(C)[C@H](OC4OCC(O)[C@H](O[C@@H]5OCC(O)(CO)[C@@H]5O)[C@@H]4O)[C@H](O)C3O)C2O)[C@@H](C)CC)[C@@H](C)CC)C(O)C1O. The van der Waals surface area contributed by atoms with Crippen molar-refractivity contribution in [2.24, 2.45) is 62.1 Å². The normalized spacial score (nSPS) is 48.7. The molecule has 0 spiro atoms. The van der Waals surface area contributed by atoms with Gasteiger partial charge in [0.05, 0.1) is 100 Å². The topological polar surface area (TPSA) is 697 Å². The van der Waals surface area contributed by atoms with E-state index in [4.69, 9.17) is 85.3 Å². The molecule has 8 saturated heterocycles. The first-order chi connectivity index (χ1) is 64.8. The molecule has 45 heteroatoms. The summed E-state index contributed by atoms with van der Waals surface area (Å²) in [6.07, 6.45) is -64.5. The number of aliphatic hydroxyl groups is 21. The number of carboxylic acid groups (broad SMARTS) is 1. The molecule has 0 aromatic heterocycles. The highest BCUT2D eigenvalue weighted by atomic mass is 16.8. The van der Waals surface area contributed by atoms with Crippen molar-refractivity contribution in [2.45, 2.75) is 444 Å². The molecule has 138 heavy (non-hydrogen) atoms. The van der Waals surface area contributed by atoms with E-state index >= 15 is 4.79 Å². The molecule has 792 valence electrons. The van der Waals surface area contributed by atoms with E-state index in [2.05, 4.69) is 26.8 Å². The first kappa shape index (κ1) is 111. The van der Waals surface area contributed by atoms with Crippen LogP contribution in [-0.2, 0) is 109 Å². The van der Waals surface area contributed by atoms with Crippen molar-refractivity contribution in [3.8, 4) is 0 Å². The van der Waals surface area contributed by atoms with Crippen LogP contribution in [0.3, 0.4) is 0 Å². The average molecular weight is 1990 g/mol. The molecule has 4 saturated carbocycles. The van der Waals surface area contributed by atoms with Crippen molar-refractivity contribution in [3.05, 3.63) is 11.6 Å². The Bertz CT molecular complexity index is 4100. The molecule has 0 amide bonds. The van der Waals surface area contributed by atoms with Crippen LogP contribution in [0.4, 0.5) is 0 Å². The maximum atomic E-state index is 16.4. The minimum absolute atomic E-state index is 0.0186. The first-order valence-corrected chi connectivity index (χ1v) is 48.7. The Hall–Kier alpha value is -4.15. The third kappa shape index (κ3) is 21.4. The summed E-state index contributed by atoms with van der Waals surface area (Å²) in [5.41, 5.74) is -7.66. The van der Waals surface area contributed by atoms with Gasteiger partial charge in [-0.15, -0.1) is 0 Å².